The zero-order chi connectivity index (χ0) is 22.4. The summed E-state index contributed by atoms with van der Waals surface area (Å²) < 4.78 is 46.1. The van der Waals surface area contributed by atoms with Gasteiger partial charge in [0.1, 0.15) is 5.75 Å². The third-order valence-electron chi connectivity index (χ3n) is 5.23. The lowest BCUT2D eigenvalue weighted by Crippen LogP contribution is -2.39. The first-order chi connectivity index (χ1) is 14.9. The van der Waals surface area contributed by atoms with Gasteiger partial charge in [-0.3, -0.25) is 9.59 Å². The number of benzene rings is 2. The van der Waals surface area contributed by atoms with Crippen molar-refractivity contribution in [2.45, 2.75) is 26.2 Å². The lowest BCUT2D eigenvalue weighted by molar-refractivity contribution is -0.133. The van der Waals surface area contributed by atoms with Crippen LogP contribution in [0.1, 0.15) is 35.7 Å². The Morgan fingerprint density at radius 1 is 0.903 bits per heavy atom. The first-order valence-electron chi connectivity index (χ1n) is 10.3. The summed E-state index contributed by atoms with van der Waals surface area (Å²) in [6, 6.07) is 9.26. The summed E-state index contributed by atoms with van der Waals surface area (Å²) in [6.07, 6.45) is 2.51. The average Bonchev–Trinajstić information content (AvgIpc) is 3.03. The Hall–Kier alpha value is -3.03. The number of carbonyl (C=O) groups excluding carboxylic acids is 2. The molecule has 2 amide bonds. The second-order valence-electron chi connectivity index (χ2n) is 7.43. The molecule has 166 valence electrons. The number of rotatable bonds is 6. The maximum absolute atomic E-state index is 14.0. The van der Waals surface area contributed by atoms with Gasteiger partial charge in [-0.2, -0.15) is 0 Å². The van der Waals surface area contributed by atoms with Crippen LogP contribution in [0.3, 0.4) is 0 Å². The fourth-order valence-electron chi connectivity index (χ4n) is 3.51. The van der Waals surface area contributed by atoms with Crippen molar-refractivity contribution in [1.82, 2.24) is 9.80 Å². The van der Waals surface area contributed by atoms with E-state index in [9.17, 15) is 22.8 Å². The van der Waals surface area contributed by atoms with Crippen LogP contribution >= 0.6 is 0 Å². The van der Waals surface area contributed by atoms with Crippen LogP contribution in [-0.2, 0) is 11.2 Å². The van der Waals surface area contributed by atoms with Gasteiger partial charge in [0, 0.05) is 26.2 Å². The van der Waals surface area contributed by atoms with Gasteiger partial charge in [0.25, 0.3) is 11.8 Å². The SMILES string of the molecule is CCCc1ccc(OCC(=O)N2CCCN(C(=O)c3ccc(F)c(F)c3F)CC2)cc1. The van der Waals surface area contributed by atoms with Crippen molar-refractivity contribution in [3.8, 4) is 5.75 Å². The molecule has 2 aromatic carbocycles. The maximum atomic E-state index is 14.0. The highest BCUT2D eigenvalue weighted by Crippen LogP contribution is 2.18. The molecule has 1 aliphatic rings. The highest BCUT2D eigenvalue weighted by molar-refractivity contribution is 5.94. The van der Waals surface area contributed by atoms with E-state index in [1.54, 1.807) is 4.90 Å². The molecule has 0 unspecified atom stereocenters. The second kappa shape index (κ2) is 10.3. The normalized spacial score (nSPS) is 14.3. The van der Waals surface area contributed by atoms with Crippen LogP contribution in [0.5, 0.6) is 5.75 Å². The molecule has 0 aromatic heterocycles. The molecule has 0 N–H and O–H groups in total. The standard InChI is InChI=1S/C23H25F3N2O3/c1-2-4-16-5-7-17(8-6-16)31-15-20(29)27-11-3-12-28(14-13-27)23(30)18-9-10-19(24)22(26)21(18)25/h5-10H,2-4,11-15H2,1H3. The lowest BCUT2D eigenvalue weighted by Gasteiger charge is -2.22. The molecular formula is C23H25F3N2O3. The van der Waals surface area contributed by atoms with Gasteiger partial charge in [-0.05, 0) is 42.7 Å². The summed E-state index contributed by atoms with van der Waals surface area (Å²) in [5, 5.41) is 0. The number of amides is 2. The van der Waals surface area contributed by atoms with E-state index < -0.39 is 28.9 Å². The molecule has 0 bridgehead atoms. The molecule has 0 radical (unpaired) electrons. The quantitative estimate of drug-likeness (QED) is 0.650. The Bertz CT molecular complexity index is 934. The number of halogens is 3. The summed E-state index contributed by atoms with van der Waals surface area (Å²) in [5.74, 6) is -4.85. The topological polar surface area (TPSA) is 49.9 Å². The van der Waals surface area contributed by atoms with Crippen molar-refractivity contribution in [1.29, 1.82) is 0 Å². The first-order valence-corrected chi connectivity index (χ1v) is 10.3. The van der Waals surface area contributed by atoms with E-state index in [4.69, 9.17) is 4.74 Å². The van der Waals surface area contributed by atoms with Crippen molar-refractivity contribution >= 4 is 11.8 Å². The van der Waals surface area contributed by atoms with E-state index in [1.165, 1.54) is 10.5 Å². The molecule has 0 saturated carbocycles. The van der Waals surface area contributed by atoms with Gasteiger partial charge in [0.2, 0.25) is 0 Å². The molecule has 31 heavy (non-hydrogen) atoms. The molecule has 1 heterocycles. The van der Waals surface area contributed by atoms with Crippen LogP contribution in [0.4, 0.5) is 13.2 Å². The van der Waals surface area contributed by atoms with Crippen LogP contribution in [0.25, 0.3) is 0 Å². The van der Waals surface area contributed by atoms with Gasteiger partial charge >= 0.3 is 0 Å². The van der Waals surface area contributed by atoms with Gasteiger partial charge in [-0.25, -0.2) is 13.2 Å². The van der Waals surface area contributed by atoms with E-state index in [0.29, 0.717) is 18.7 Å². The average molecular weight is 434 g/mol. The second-order valence-corrected chi connectivity index (χ2v) is 7.43. The Morgan fingerprint density at radius 2 is 1.58 bits per heavy atom. The fraction of sp³-hybridized carbons (Fsp3) is 0.391. The minimum atomic E-state index is -1.67. The third-order valence-corrected chi connectivity index (χ3v) is 5.23. The molecule has 5 nitrogen and oxygen atoms in total. The number of aryl methyl sites for hydroxylation is 1. The smallest absolute Gasteiger partial charge is 0.260 e. The molecule has 1 fully saturated rings. The maximum Gasteiger partial charge on any atom is 0.260 e. The summed E-state index contributed by atoms with van der Waals surface area (Å²) in [5.41, 5.74) is 0.685. The zero-order valence-electron chi connectivity index (χ0n) is 17.4. The van der Waals surface area contributed by atoms with E-state index in [-0.39, 0.29) is 32.1 Å². The Morgan fingerprint density at radius 3 is 2.29 bits per heavy atom. The highest BCUT2D eigenvalue weighted by atomic mass is 19.2. The van der Waals surface area contributed by atoms with E-state index in [0.717, 1.165) is 25.0 Å². The van der Waals surface area contributed by atoms with Crippen LogP contribution in [-0.4, -0.2) is 54.4 Å². The number of hydrogen-bond acceptors (Lipinski definition) is 3. The monoisotopic (exact) mass is 434 g/mol. The zero-order valence-corrected chi connectivity index (χ0v) is 17.4. The molecule has 3 rings (SSSR count). The summed E-state index contributed by atoms with van der Waals surface area (Å²) >= 11 is 0. The molecule has 2 aromatic rings. The predicted molar refractivity (Wildman–Crippen MR) is 109 cm³/mol. The van der Waals surface area contributed by atoms with Crippen LogP contribution in [0.2, 0.25) is 0 Å². The summed E-state index contributed by atoms with van der Waals surface area (Å²) in [7, 11) is 0. The van der Waals surface area contributed by atoms with Gasteiger partial charge in [0.15, 0.2) is 24.1 Å². The number of nitrogens with zero attached hydrogens (tertiary/aromatic N) is 2. The van der Waals surface area contributed by atoms with Crippen LogP contribution in [0.15, 0.2) is 36.4 Å². The van der Waals surface area contributed by atoms with Crippen molar-refractivity contribution in [3.63, 3.8) is 0 Å². The van der Waals surface area contributed by atoms with Crippen molar-refractivity contribution in [2.24, 2.45) is 0 Å². The lowest BCUT2D eigenvalue weighted by atomic mass is 10.1. The number of ether oxygens (including phenoxy) is 1. The minimum absolute atomic E-state index is 0.126. The van der Waals surface area contributed by atoms with Gasteiger partial charge < -0.3 is 14.5 Å². The van der Waals surface area contributed by atoms with E-state index in [2.05, 4.69) is 6.92 Å². The molecule has 1 saturated heterocycles. The fourth-order valence-corrected chi connectivity index (χ4v) is 3.51. The predicted octanol–water partition coefficient (Wildman–Crippen LogP) is 3.81. The molecule has 1 aliphatic heterocycles. The van der Waals surface area contributed by atoms with E-state index >= 15 is 0 Å². The first kappa shape index (κ1) is 22.7. The van der Waals surface area contributed by atoms with E-state index in [1.807, 2.05) is 24.3 Å². The summed E-state index contributed by atoms with van der Waals surface area (Å²) in [4.78, 5) is 28.0. The molecule has 0 atom stereocenters. The highest BCUT2D eigenvalue weighted by Gasteiger charge is 2.26. The van der Waals surface area contributed by atoms with Gasteiger partial charge in [0.05, 0.1) is 5.56 Å². The Labute approximate surface area is 179 Å². The minimum Gasteiger partial charge on any atom is -0.484 e. The number of carbonyl (C=O) groups is 2. The van der Waals surface area contributed by atoms with Gasteiger partial charge in [-0.1, -0.05) is 25.5 Å². The Balaban J connectivity index is 1.55. The van der Waals surface area contributed by atoms with Gasteiger partial charge in [-0.15, -0.1) is 0 Å². The van der Waals surface area contributed by atoms with Crippen molar-refractivity contribution < 1.29 is 27.5 Å². The Kier molecular flexibility index (Phi) is 7.55. The molecule has 0 spiro atoms. The van der Waals surface area contributed by atoms with Crippen molar-refractivity contribution in [3.05, 3.63) is 65.0 Å². The molecule has 8 heteroatoms. The largest absolute Gasteiger partial charge is 0.484 e. The third kappa shape index (κ3) is 5.57. The summed E-state index contributed by atoms with van der Waals surface area (Å²) in [6.45, 7) is 3.08. The van der Waals surface area contributed by atoms with Crippen molar-refractivity contribution in [2.75, 3.05) is 32.8 Å². The number of hydrogen-bond donors (Lipinski definition) is 0. The van der Waals surface area contributed by atoms with Crippen LogP contribution in [0, 0.1) is 17.5 Å². The van der Waals surface area contributed by atoms with Crippen LogP contribution < -0.4 is 4.74 Å². The molecular weight excluding hydrogens is 409 g/mol. The molecule has 0 aliphatic carbocycles.